The van der Waals surface area contributed by atoms with E-state index in [1.54, 1.807) is 18.2 Å². The zero-order valence-electron chi connectivity index (χ0n) is 5.55. The zero-order valence-corrected chi connectivity index (χ0v) is 5.55. The average Bonchev–Trinajstić information content (AvgIpc) is 2.07. The van der Waals surface area contributed by atoms with Crippen LogP contribution in [-0.4, -0.2) is 0 Å². The molecule has 0 N–H and O–H groups in total. The molecule has 1 aromatic carbocycles. The van der Waals surface area contributed by atoms with Crippen LogP contribution in [0.2, 0.25) is 0 Å². The Morgan fingerprint density at radius 1 is 1.45 bits per heavy atom. The highest BCUT2D eigenvalue weighted by atomic mass is 15.5. The first-order valence-electron chi connectivity index (χ1n) is 2.85. The maximum atomic E-state index is 7.84. The number of hydrogen-bond donors (Lipinski definition) is 0. The lowest BCUT2D eigenvalue weighted by atomic mass is 10.3. The van der Waals surface area contributed by atoms with Gasteiger partial charge in [0.25, 0.3) is 0 Å². The highest BCUT2D eigenvalue weighted by Crippen LogP contribution is 2.08. The standard InChI is InChI=1S/C6H4N5/c7-9-11-10-8-6-4-2-1-3-5-6/h1-4H. The summed E-state index contributed by atoms with van der Waals surface area (Å²) in [7, 11) is 0. The van der Waals surface area contributed by atoms with Gasteiger partial charge in [-0.1, -0.05) is 18.2 Å². The van der Waals surface area contributed by atoms with Crippen molar-refractivity contribution in [2.45, 2.75) is 0 Å². The van der Waals surface area contributed by atoms with Crippen molar-refractivity contribution in [2.75, 3.05) is 0 Å². The Labute approximate surface area is 63.0 Å². The quantitative estimate of drug-likeness (QED) is 0.266. The molecule has 0 saturated heterocycles. The Bertz CT molecular complexity index is 285. The molecule has 5 nitrogen and oxygen atoms in total. The van der Waals surface area contributed by atoms with E-state index in [1.165, 1.54) is 0 Å². The van der Waals surface area contributed by atoms with Gasteiger partial charge in [0.1, 0.15) is 10.9 Å². The van der Waals surface area contributed by atoms with E-state index < -0.39 is 0 Å². The summed E-state index contributed by atoms with van der Waals surface area (Å²) < 4.78 is 0. The van der Waals surface area contributed by atoms with Gasteiger partial charge in [-0.25, -0.2) is 0 Å². The summed E-state index contributed by atoms with van der Waals surface area (Å²) in [6, 6.07) is 9.79. The summed E-state index contributed by atoms with van der Waals surface area (Å²) in [5.41, 5.74) is 8.38. The van der Waals surface area contributed by atoms with E-state index in [2.05, 4.69) is 26.5 Å². The highest BCUT2D eigenvalue weighted by Gasteiger charge is 1.85. The molecule has 5 heteroatoms. The van der Waals surface area contributed by atoms with Gasteiger partial charge in [0.2, 0.25) is 0 Å². The minimum absolute atomic E-state index is 0.542. The summed E-state index contributed by atoms with van der Waals surface area (Å²) in [6.07, 6.45) is 0. The van der Waals surface area contributed by atoms with Gasteiger partial charge in [-0.15, -0.1) is 5.53 Å². The molecule has 1 rings (SSSR count). The van der Waals surface area contributed by atoms with Crippen molar-refractivity contribution in [1.82, 2.24) is 0 Å². The molecule has 1 aromatic rings. The van der Waals surface area contributed by atoms with E-state index in [-0.39, 0.29) is 0 Å². The van der Waals surface area contributed by atoms with Gasteiger partial charge in [-0.2, -0.15) is 4.91 Å². The van der Waals surface area contributed by atoms with Crippen molar-refractivity contribution in [3.8, 4) is 0 Å². The third kappa shape index (κ3) is 2.47. The maximum Gasteiger partial charge on any atom is 0.119 e. The van der Waals surface area contributed by atoms with Crippen LogP contribution in [0.5, 0.6) is 0 Å². The first-order chi connectivity index (χ1) is 5.43. The normalized spacial score (nSPS) is 9.45. The molecule has 53 valence electrons. The molecule has 0 spiro atoms. The molecule has 0 saturated carbocycles. The van der Waals surface area contributed by atoms with E-state index in [0.717, 1.165) is 0 Å². The number of nitrogens with zero attached hydrogens (tertiary/aromatic N) is 5. The van der Waals surface area contributed by atoms with Crippen LogP contribution in [0.3, 0.4) is 0 Å². The van der Waals surface area contributed by atoms with Crippen LogP contribution >= 0.6 is 0 Å². The topological polar surface area (TPSA) is 73.5 Å². The SMILES string of the molecule is [N-]=[N+]=NN=Nc1[c]cccc1. The molecule has 0 aliphatic rings. The molecule has 0 heterocycles. The Morgan fingerprint density at radius 2 is 2.36 bits per heavy atom. The molecule has 0 aliphatic carbocycles. The maximum absolute atomic E-state index is 7.84. The largest absolute Gasteiger partial charge is 0.163 e. The van der Waals surface area contributed by atoms with Crippen LogP contribution in [0.4, 0.5) is 5.69 Å². The summed E-state index contributed by atoms with van der Waals surface area (Å²) in [6.45, 7) is 0. The van der Waals surface area contributed by atoms with Gasteiger partial charge in [-0.05, 0) is 11.2 Å². The number of benzene rings is 1. The van der Waals surface area contributed by atoms with Gasteiger partial charge >= 0.3 is 0 Å². The van der Waals surface area contributed by atoms with E-state index in [0.29, 0.717) is 5.69 Å². The lowest BCUT2D eigenvalue weighted by Crippen LogP contribution is -1.59. The first-order valence-corrected chi connectivity index (χ1v) is 2.85. The Balaban J connectivity index is 2.72. The lowest BCUT2D eigenvalue weighted by molar-refractivity contribution is 1.04. The molecule has 0 aromatic heterocycles. The molecule has 0 aliphatic heterocycles. The van der Waals surface area contributed by atoms with Crippen LogP contribution in [0, 0.1) is 6.07 Å². The fourth-order valence-electron chi connectivity index (χ4n) is 0.532. The van der Waals surface area contributed by atoms with Crippen molar-refractivity contribution in [3.05, 3.63) is 40.8 Å². The monoisotopic (exact) mass is 146 g/mol. The fraction of sp³-hybridized carbons (Fsp3) is 0. The molecule has 11 heavy (non-hydrogen) atoms. The van der Waals surface area contributed by atoms with Gasteiger partial charge < -0.3 is 0 Å². The molecular weight excluding hydrogens is 142 g/mol. The second kappa shape index (κ2) is 4.03. The summed E-state index contributed by atoms with van der Waals surface area (Å²) in [4.78, 5) is 2.40. The van der Waals surface area contributed by atoms with Gasteiger partial charge in [0, 0.05) is 6.07 Å². The lowest BCUT2D eigenvalue weighted by Gasteiger charge is -1.80. The molecular formula is C6H4N5. The van der Waals surface area contributed by atoms with Crippen molar-refractivity contribution < 1.29 is 0 Å². The predicted molar refractivity (Wildman–Crippen MR) is 38.9 cm³/mol. The predicted octanol–water partition coefficient (Wildman–Crippen LogP) is 2.80. The van der Waals surface area contributed by atoms with E-state index in [4.69, 9.17) is 5.53 Å². The Kier molecular flexibility index (Phi) is 2.65. The average molecular weight is 146 g/mol. The molecule has 0 unspecified atom stereocenters. The van der Waals surface area contributed by atoms with Gasteiger partial charge in [0.15, 0.2) is 0 Å². The van der Waals surface area contributed by atoms with E-state index >= 15 is 0 Å². The summed E-state index contributed by atoms with van der Waals surface area (Å²) in [5.74, 6) is 0. The summed E-state index contributed by atoms with van der Waals surface area (Å²) >= 11 is 0. The molecule has 0 atom stereocenters. The number of azide groups is 1. The third-order valence-corrected chi connectivity index (χ3v) is 0.925. The van der Waals surface area contributed by atoms with E-state index in [1.807, 2.05) is 6.07 Å². The van der Waals surface area contributed by atoms with Crippen LogP contribution in [0.15, 0.2) is 39.8 Å². The Morgan fingerprint density at radius 3 is 3.00 bits per heavy atom. The van der Waals surface area contributed by atoms with Crippen LogP contribution in [0.1, 0.15) is 0 Å². The Hall–Kier alpha value is -1.87. The van der Waals surface area contributed by atoms with Crippen LogP contribution in [0.25, 0.3) is 10.4 Å². The second-order valence-corrected chi connectivity index (χ2v) is 1.62. The zero-order chi connectivity index (χ0) is 7.94. The minimum atomic E-state index is 0.542. The minimum Gasteiger partial charge on any atom is -0.163 e. The number of hydrogen-bond acceptors (Lipinski definition) is 1. The highest BCUT2D eigenvalue weighted by molar-refractivity contribution is 5.33. The summed E-state index contributed by atoms with van der Waals surface area (Å²) in [5, 5.41) is 9.59. The van der Waals surface area contributed by atoms with Gasteiger partial charge in [-0.3, -0.25) is 0 Å². The van der Waals surface area contributed by atoms with Crippen LogP contribution < -0.4 is 0 Å². The van der Waals surface area contributed by atoms with Crippen LogP contribution in [-0.2, 0) is 0 Å². The first kappa shape index (κ1) is 7.24. The van der Waals surface area contributed by atoms with Crippen molar-refractivity contribution in [3.63, 3.8) is 0 Å². The fourth-order valence-corrected chi connectivity index (χ4v) is 0.532. The van der Waals surface area contributed by atoms with Crippen molar-refractivity contribution in [1.29, 1.82) is 0 Å². The van der Waals surface area contributed by atoms with Gasteiger partial charge in [0.05, 0.1) is 5.22 Å². The van der Waals surface area contributed by atoms with Crippen molar-refractivity contribution >= 4 is 5.69 Å². The van der Waals surface area contributed by atoms with Crippen molar-refractivity contribution in [2.24, 2.45) is 15.6 Å². The smallest absolute Gasteiger partial charge is 0.119 e. The third-order valence-electron chi connectivity index (χ3n) is 0.925. The number of rotatable bonds is 2. The van der Waals surface area contributed by atoms with E-state index in [9.17, 15) is 0 Å². The molecule has 0 bridgehead atoms. The molecule has 1 radical (unpaired) electrons. The molecule has 0 amide bonds. The molecule has 0 fully saturated rings. The second-order valence-electron chi connectivity index (χ2n) is 1.62.